The molecule has 57 heavy (non-hydrogen) atoms. The number of aromatic hydroxyl groups is 2. The second-order valence-electron chi connectivity index (χ2n) is 21.4. The predicted octanol–water partition coefficient (Wildman–Crippen LogP) is 12.5. The van der Waals surface area contributed by atoms with Gasteiger partial charge in [0, 0.05) is 0 Å². The Balaban J connectivity index is 0.000000174. The maximum atomic E-state index is 13.5. The van der Waals surface area contributed by atoms with Crippen LogP contribution in [0.15, 0.2) is 48.5 Å². The molecule has 0 heterocycles. The van der Waals surface area contributed by atoms with Gasteiger partial charge in [-0.25, -0.2) is 0 Å². The van der Waals surface area contributed by atoms with Gasteiger partial charge in [-0.3, -0.25) is 9.59 Å². The van der Waals surface area contributed by atoms with E-state index in [1.165, 1.54) is 75.3 Å². The van der Waals surface area contributed by atoms with E-state index in [1.807, 2.05) is 38.1 Å². The van der Waals surface area contributed by atoms with Crippen LogP contribution >= 0.6 is 0 Å². The van der Waals surface area contributed by atoms with Crippen LogP contribution in [0.5, 0.6) is 11.5 Å². The molecule has 2 aromatic carbocycles. The molecule has 6 nitrogen and oxygen atoms in total. The summed E-state index contributed by atoms with van der Waals surface area (Å²) in [5.74, 6) is 6.87. The number of ether oxygens (including phenoxy) is 2. The van der Waals surface area contributed by atoms with Crippen molar-refractivity contribution in [3.63, 3.8) is 0 Å². The van der Waals surface area contributed by atoms with E-state index in [2.05, 4.69) is 41.5 Å². The van der Waals surface area contributed by atoms with Gasteiger partial charge >= 0.3 is 11.9 Å². The van der Waals surface area contributed by atoms with E-state index in [9.17, 15) is 19.8 Å². The zero-order valence-electron chi connectivity index (χ0n) is 36.5. The van der Waals surface area contributed by atoms with Crippen LogP contribution in [0.25, 0.3) is 0 Å². The molecule has 10 rings (SSSR count). The Morgan fingerprint density at radius 3 is 1.25 bits per heavy atom. The topological polar surface area (TPSA) is 93.1 Å². The fraction of sp³-hybridized carbons (Fsp3) is 0.725. The van der Waals surface area contributed by atoms with Crippen molar-refractivity contribution in [1.82, 2.24) is 0 Å². The SMILES string of the molecule is CCC(CC(C)(C)C(=O)OC1(C)C2CC3CC(C2)CC1C3)c1ccc(O)cc1.CCC(CC(C)(C)C(=O)OC1(CC)C2CC3CC(C2)CC1C3)c1ccc(O)cc1. The monoisotopic (exact) mass is 783 g/mol. The summed E-state index contributed by atoms with van der Waals surface area (Å²) in [6.07, 6.45) is 17.3. The van der Waals surface area contributed by atoms with Gasteiger partial charge in [0.05, 0.1) is 10.8 Å². The number of rotatable bonds is 13. The molecule has 0 saturated heterocycles. The highest BCUT2D eigenvalue weighted by Gasteiger charge is 2.60. The van der Waals surface area contributed by atoms with Crippen LogP contribution in [0.1, 0.15) is 175 Å². The van der Waals surface area contributed by atoms with Gasteiger partial charge < -0.3 is 19.7 Å². The second kappa shape index (κ2) is 16.2. The Kier molecular flexibility index (Phi) is 12.0. The van der Waals surface area contributed by atoms with E-state index in [4.69, 9.17) is 9.47 Å². The molecule has 0 amide bonds. The first-order chi connectivity index (χ1) is 27.0. The molecule has 2 N–H and O–H groups in total. The van der Waals surface area contributed by atoms with E-state index in [0.717, 1.165) is 55.8 Å². The Morgan fingerprint density at radius 2 is 0.912 bits per heavy atom. The molecule has 0 spiro atoms. The molecule has 0 radical (unpaired) electrons. The lowest BCUT2D eigenvalue weighted by molar-refractivity contribution is -0.218. The average Bonchev–Trinajstić information content (AvgIpc) is 3.17. The van der Waals surface area contributed by atoms with Crippen molar-refractivity contribution in [3.05, 3.63) is 59.7 Å². The summed E-state index contributed by atoms with van der Waals surface area (Å²) in [4.78, 5) is 26.8. The first-order valence-corrected chi connectivity index (χ1v) is 23.0. The molecule has 0 aromatic heterocycles. The smallest absolute Gasteiger partial charge is 0.312 e. The van der Waals surface area contributed by atoms with Crippen molar-refractivity contribution in [2.24, 2.45) is 58.2 Å². The van der Waals surface area contributed by atoms with Crippen molar-refractivity contribution >= 4 is 11.9 Å². The number of hydrogen-bond acceptors (Lipinski definition) is 6. The van der Waals surface area contributed by atoms with E-state index in [-0.39, 0.29) is 46.5 Å². The van der Waals surface area contributed by atoms with Crippen LogP contribution < -0.4 is 0 Å². The summed E-state index contributed by atoms with van der Waals surface area (Å²) in [6, 6.07) is 14.9. The Labute approximate surface area is 344 Å². The van der Waals surface area contributed by atoms with Crippen LogP contribution in [0, 0.1) is 58.2 Å². The van der Waals surface area contributed by atoms with Gasteiger partial charge in [-0.2, -0.15) is 0 Å². The van der Waals surface area contributed by atoms with Crippen LogP contribution in [0.4, 0.5) is 0 Å². The van der Waals surface area contributed by atoms with Gasteiger partial charge in [0.25, 0.3) is 0 Å². The van der Waals surface area contributed by atoms with E-state index >= 15 is 0 Å². The van der Waals surface area contributed by atoms with Crippen molar-refractivity contribution < 1.29 is 29.3 Å². The summed E-state index contributed by atoms with van der Waals surface area (Å²) >= 11 is 0. The number of hydrogen-bond donors (Lipinski definition) is 2. The zero-order chi connectivity index (χ0) is 40.9. The molecular weight excluding hydrogens is 709 g/mol. The largest absolute Gasteiger partial charge is 0.508 e. The van der Waals surface area contributed by atoms with E-state index in [0.29, 0.717) is 23.7 Å². The van der Waals surface area contributed by atoms with Gasteiger partial charge in [-0.1, -0.05) is 45.0 Å². The molecule has 0 aliphatic heterocycles. The standard InChI is InChI=1S/C26H38O3.C25H36O3/c1-5-19(20-7-9-23(27)10-8-20)16-25(3,4)24(28)29-26(6-2)21-12-17-11-18(14-21)15-22(26)13-17;1-5-18(19-6-8-22(26)9-7-19)15-24(2,3)23(27)28-25(4)20-11-16-10-17(13-20)14-21(25)12-16/h7-10,17-19,21-22,27H,5-6,11-16H2,1-4H3;6-9,16-18,20-21,26H,5,10-15H2,1-4H3. The maximum absolute atomic E-state index is 13.5. The fourth-order valence-electron chi connectivity index (χ4n) is 13.6. The molecule has 8 aliphatic carbocycles. The summed E-state index contributed by atoms with van der Waals surface area (Å²) in [7, 11) is 0. The summed E-state index contributed by atoms with van der Waals surface area (Å²) < 4.78 is 13.0. The second-order valence-corrected chi connectivity index (χ2v) is 21.4. The van der Waals surface area contributed by atoms with Gasteiger partial charge in [-0.05, 0) is 226 Å². The molecule has 2 unspecified atom stereocenters. The molecule has 8 saturated carbocycles. The predicted molar refractivity (Wildman–Crippen MR) is 227 cm³/mol. The third-order valence-electron chi connectivity index (χ3n) is 16.8. The van der Waals surface area contributed by atoms with Crippen molar-refractivity contribution in [2.75, 3.05) is 0 Å². The first-order valence-electron chi connectivity index (χ1n) is 23.0. The normalized spacial score (nSPS) is 34.6. The highest BCUT2D eigenvalue weighted by molar-refractivity contribution is 5.77. The Hall–Kier alpha value is -3.02. The number of benzene rings is 2. The molecule has 314 valence electrons. The zero-order valence-corrected chi connectivity index (χ0v) is 36.5. The Morgan fingerprint density at radius 1 is 0.579 bits per heavy atom. The van der Waals surface area contributed by atoms with Gasteiger partial charge in [0.15, 0.2) is 0 Å². The average molecular weight is 783 g/mol. The van der Waals surface area contributed by atoms with E-state index in [1.54, 1.807) is 24.3 Å². The van der Waals surface area contributed by atoms with Gasteiger partial charge in [-0.15, -0.1) is 0 Å². The summed E-state index contributed by atoms with van der Waals surface area (Å²) in [5.41, 5.74) is 0.850. The molecular formula is C51H74O6. The number of phenols is 2. The van der Waals surface area contributed by atoms with Gasteiger partial charge in [0.1, 0.15) is 22.7 Å². The van der Waals surface area contributed by atoms with Crippen molar-refractivity contribution in [3.8, 4) is 11.5 Å². The third kappa shape index (κ3) is 8.41. The van der Waals surface area contributed by atoms with Crippen LogP contribution in [0.3, 0.4) is 0 Å². The Bertz CT molecular complexity index is 1650. The molecule has 8 bridgehead atoms. The third-order valence-corrected chi connectivity index (χ3v) is 16.8. The number of carbonyl (C=O) groups is 2. The van der Waals surface area contributed by atoms with E-state index < -0.39 is 10.8 Å². The van der Waals surface area contributed by atoms with Crippen LogP contribution in [0.2, 0.25) is 0 Å². The molecule has 8 fully saturated rings. The van der Waals surface area contributed by atoms with Crippen molar-refractivity contribution in [2.45, 2.75) is 175 Å². The number of carbonyl (C=O) groups excluding carboxylic acids is 2. The lowest BCUT2D eigenvalue weighted by atomic mass is 9.49. The first kappa shape index (κ1) is 42.1. The van der Waals surface area contributed by atoms with Gasteiger partial charge in [0.2, 0.25) is 0 Å². The highest BCUT2D eigenvalue weighted by atomic mass is 16.6. The van der Waals surface area contributed by atoms with Crippen LogP contribution in [-0.4, -0.2) is 33.4 Å². The summed E-state index contributed by atoms with van der Waals surface area (Å²) in [5, 5.41) is 19.2. The number of esters is 2. The molecule has 6 heteroatoms. The lowest BCUT2D eigenvalue weighted by Crippen LogP contribution is -2.60. The fourth-order valence-corrected chi connectivity index (χ4v) is 13.6. The van der Waals surface area contributed by atoms with Crippen molar-refractivity contribution in [1.29, 1.82) is 0 Å². The van der Waals surface area contributed by atoms with Crippen LogP contribution in [-0.2, 0) is 19.1 Å². The molecule has 2 aromatic rings. The summed E-state index contributed by atoms with van der Waals surface area (Å²) in [6.45, 7) is 17.0. The maximum Gasteiger partial charge on any atom is 0.312 e. The number of phenolic OH excluding ortho intramolecular Hbond substituents is 2. The minimum absolute atomic E-state index is 0.0101. The lowest BCUT2D eigenvalue weighted by Gasteiger charge is -2.60. The minimum atomic E-state index is -0.518. The molecule has 8 aliphatic rings. The minimum Gasteiger partial charge on any atom is -0.508 e. The molecule has 2 atom stereocenters. The quantitative estimate of drug-likeness (QED) is 0.197. The highest BCUT2D eigenvalue weighted by Crippen LogP contribution is 2.62.